The van der Waals surface area contributed by atoms with E-state index in [1.54, 1.807) is 29.9 Å². The van der Waals surface area contributed by atoms with E-state index in [-0.39, 0.29) is 11.5 Å². The van der Waals surface area contributed by atoms with E-state index in [1.165, 1.54) is 0 Å². The molecule has 0 saturated carbocycles. The van der Waals surface area contributed by atoms with Gasteiger partial charge in [0.1, 0.15) is 0 Å². The van der Waals surface area contributed by atoms with E-state index >= 15 is 0 Å². The molecule has 33 heavy (non-hydrogen) atoms. The zero-order valence-corrected chi connectivity index (χ0v) is 18.8. The van der Waals surface area contributed by atoms with Crippen molar-refractivity contribution in [3.8, 4) is 0 Å². The summed E-state index contributed by atoms with van der Waals surface area (Å²) >= 11 is 0. The number of rotatable bonds is 7. The zero-order valence-electron chi connectivity index (χ0n) is 18.8. The summed E-state index contributed by atoms with van der Waals surface area (Å²) in [4.78, 5) is 29.9. The van der Waals surface area contributed by atoms with Gasteiger partial charge in [0.15, 0.2) is 5.96 Å². The monoisotopic (exact) mass is 443 g/mol. The van der Waals surface area contributed by atoms with Crippen LogP contribution >= 0.6 is 0 Å². The number of pyridine rings is 1. The number of carbonyl (C=O) groups excluding carboxylic acids is 1. The van der Waals surface area contributed by atoms with Gasteiger partial charge in [0.05, 0.1) is 6.54 Å². The number of hydrogen-bond acceptors (Lipinski definition) is 3. The molecule has 7 heteroatoms. The third-order valence-electron chi connectivity index (χ3n) is 5.74. The standard InChI is InChI=1S/C26H29N5O2/c1-27-26(29-18-21-11-13-23(14-12-21)31-16-4-6-25(31)33)28-17-20-7-9-22(10-8-20)19-30-15-3-2-5-24(30)32/h2-3,5,7-15H,4,6,16-19H2,1H3,(H2,27,28,29). The number of carbonyl (C=O) groups is 1. The average Bonchev–Trinajstić information content (AvgIpc) is 3.28. The first-order valence-corrected chi connectivity index (χ1v) is 11.2. The van der Waals surface area contributed by atoms with Crippen LogP contribution in [-0.2, 0) is 24.4 Å². The summed E-state index contributed by atoms with van der Waals surface area (Å²) in [6.07, 6.45) is 3.37. The van der Waals surface area contributed by atoms with Crippen molar-refractivity contribution in [2.45, 2.75) is 32.5 Å². The molecule has 0 spiro atoms. The minimum atomic E-state index is -0.00251. The van der Waals surface area contributed by atoms with Crippen LogP contribution in [0.15, 0.2) is 82.7 Å². The fourth-order valence-corrected chi connectivity index (χ4v) is 3.86. The van der Waals surface area contributed by atoms with E-state index in [2.05, 4.69) is 27.8 Å². The van der Waals surface area contributed by atoms with E-state index in [1.807, 2.05) is 47.4 Å². The van der Waals surface area contributed by atoms with Crippen molar-refractivity contribution in [1.29, 1.82) is 0 Å². The first kappa shape index (κ1) is 22.3. The summed E-state index contributed by atoms with van der Waals surface area (Å²) in [6.45, 7) is 2.64. The molecule has 0 radical (unpaired) electrons. The number of nitrogens with zero attached hydrogens (tertiary/aromatic N) is 3. The summed E-state index contributed by atoms with van der Waals surface area (Å²) in [7, 11) is 1.75. The minimum Gasteiger partial charge on any atom is -0.352 e. The van der Waals surface area contributed by atoms with Gasteiger partial charge in [-0.25, -0.2) is 0 Å². The lowest BCUT2D eigenvalue weighted by molar-refractivity contribution is -0.117. The molecule has 170 valence electrons. The van der Waals surface area contributed by atoms with Crippen LogP contribution in [0.2, 0.25) is 0 Å². The molecule has 1 aromatic heterocycles. The first-order valence-electron chi connectivity index (χ1n) is 11.2. The number of aromatic nitrogens is 1. The van der Waals surface area contributed by atoms with Gasteiger partial charge in [0.2, 0.25) is 5.91 Å². The summed E-state index contributed by atoms with van der Waals surface area (Å²) in [5.41, 5.74) is 4.28. The fraction of sp³-hybridized carbons (Fsp3) is 0.269. The second kappa shape index (κ2) is 10.6. The Morgan fingerprint density at radius 3 is 2.09 bits per heavy atom. The van der Waals surface area contributed by atoms with Crippen molar-refractivity contribution < 1.29 is 4.79 Å². The highest BCUT2D eigenvalue weighted by atomic mass is 16.2. The smallest absolute Gasteiger partial charge is 0.250 e. The number of aliphatic imine (C=N–C) groups is 1. The predicted octanol–water partition coefficient (Wildman–Crippen LogP) is 2.89. The molecule has 1 aliphatic heterocycles. The topological polar surface area (TPSA) is 78.7 Å². The van der Waals surface area contributed by atoms with Gasteiger partial charge in [-0.2, -0.15) is 0 Å². The lowest BCUT2D eigenvalue weighted by Gasteiger charge is -2.16. The normalized spacial score (nSPS) is 13.9. The van der Waals surface area contributed by atoms with Crippen molar-refractivity contribution in [1.82, 2.24) is 15.2 Å². The lowest BCUT2D eigenvalue weighted by Crippen LogP contribution is -2.36. The molecule has 7 nitrogen and oxygen atoms in total. The van der Waals surface area contributed by atoms with E-state index in [0.29, 0.717) is 32.0 Å². The second-order valence-electron chi connectivity index (χ2n) is 8.08. The van der Waals surface area contributed by atoms with Crippen LogP contribution in [0.25, 0.3) is 0 Å². The van der Waals surface area contributed by atoms with Crippen LogP contribution in [0.4, 0.5) is 5.69 Å². The SMILES string of the molecule is CN=C(NCc1ccc(Cn2ccccc2=O)cc1)NCc1ccc(N2CCCC2=O)cc1. The Morgan fingerprint density at radius 1 is 0.879 bits per heavy atom. The van der Waals surface area contributed by atoms with Crippen LogP contribution in [0.5, 0.6) is 0 Å². The predicted molar refractivity (Wildman–Crippen MR) is 131 cm³/mol. The van der Waals surface area contributed by atoms with Gasteiger partial charge in [-0.1, -0.05) is 42.5 Å². The fourth-order valence-electron chi connectivity index (χ4n) is 3.86. The van der Waals surface area contributed by atoms with Crippen molar-refractivity contribution in [2.75, 3.05) is 18.5 Å². The number of amides is 1. The van der Waals surface area contributed by atoms with Gasteiger partial charge in [0.25, 0.3) is 5.56 Å². The molecular weight excluding hydrogens is 414 g/mol. The summed E-state index contributed by atoms with van der Waals surface area (Å²) in [5.74, 6) is 0.918. The number of nitrogens with one attached hydrogen (secondary N) is 2. The van der Waals surface area contributed by atoms with Crippen molar-refractivity contribution in [3.63, 3.8) is 0 Å². The second-order valence-corrected chi connectivity index (χ2v) is 8.08. The van der Waals surface area contributed by atoms with E-state index < -0.39 is 0 Å². The highest BCUT2D eigenvalue weighted by Crippen LogP contribution is 2.21. The number of anilines is 1. The van der Waals surface area contributed by atoms with Crippen molar-refractivity contribution in [2.24, 2.45) is 4.99 Å². The molecule has 0 bridgehead atoms. The molecule has 4 rings (SSSR count). The lowest BCUT2D eigenvalue weighted by atomic mass is 10.1. The van der Waals surface area contributed by atoms with Crippen LogP contribution in [-0.4, -0.2) is 30.0 Å². The van der Waals surface area contributed by atoms with Gasteiger partial charge >= 0.3 is 0 Å². The van der Waals surface area contributed by atoms with Crippen molar-refractivity contribution >= 4 is 17.6 Å². The maximum absolute atomic E-state index is 11.9. The molecule has 1 saturated heterocycles. The quantitative estimate of drug-likeness (QED) is 0.435. The van der Waals surface area contributed by atoms with Crippen LogP contribution in [0.1, 0.15) is 29.5 Å². The Morgan fingerprint density at radius 2 is 1.52 bits per heavy atom. The molecule has 0 atom stereocenters. The Kier molecular flexibility index (Phi) is 7.19. The largest absolute Gasteiger partial charge is 0.352 e. The van der Waals surface area contributed by atoms with Gasteiger partial charge in [-0.15, -0.1) is 0 Å². The summed E-state index contributed by atoms with van der Waals surface area (Å²) < 4.78 is 1.69. The zero-order chi connectivity index (χ0) is 23.0. The van der Waals surface area contributed by atoms with Crippen molar-refractivity contribution in [3.05, 3.63) is 100.0 Å². The molecule has 0 unspecified atom stereocenters. The first-order chi connectivity index (χ1) is 16.1. The number of benzene rings is 2. The Hall–Kier alpha value is -3.87. The third-order valence-corrected chi connectivity index (χ3v) is 5.74. The van der Waals surface area contributed by atoms with Gasteiger partial charge in [-0.05, 0) is 41.3 Å². The van der Waals surface area contributed by atoms with E-state index in [9.17, 15) is 9.59 Å². The molecule has 1 amide bonds. The molecule has 2 aromatic carbocycles. The molecule has 3 aromatic rings. The molecular formula is C26H29N5O2. The van der Waals surface area contributed by atoms with Crippen LogP contribution in [0.3, 0.4) is 0 Å². The molecule has 0 aliphatic carbocycles. The van der Waals surface area contributed by atoms with Crippen LogP contribution in [0, 0.1) is 0 Å². The Balaban J connectivity index is 1.26. The van der Waals surface area contributed by atoms with E-state index in [0.717, 1.165) is 35.3 Å². The van der Waals surface area contributed by atoms with E-state index in [4.69, 9.17) is 0 Å². The highest BCUT2D eigenvalue weighted by Gasteiger charge is 2.21. The maximum Gasteiger partial charge on any atom is 0.250 e. The Labute approximate surface area is 193 Å². The van der Waals surface area contributed by atoms with Gasteiger partial charge in [0, 0.05) is 51.1 Å². The molecule has 2 heterocycles. The molecule has 2 N–H and O–H groups in total. The van der Waals surface area contributed by atoms with Gasteiger partial charge in [-0.3, -0.25) is 14.6 Å². The third kappa shape index (κ3) is 5.88. The summed E-state index contributed by atoms with van der Waals surface area (Å²) in [6, 6.07) is 21.5. The average molecular weight is 444 g/mol. The number of guanidine groups is 1. The Bertz CT molecular complexity index is 1170. The summed E-state index contributed by atoms with van der Waals surface area (Å²) in [5, 5.41) is 6.65. The number of hydrogen-bond donors (Lipinski definition) is 2. The molecule has 1 fully saturated rings. The molecule has 1 aliphatic rings. The van der Waals surface area contributed by atoms with Gasteiger partial charge < -0.3 is 20.1 Å². The highest BCUT2D eigenvalue weighted by molar-refractivity contribution is 5.95. The maximum atomic E-state index is 11.9. The minimum absolute atomic E-state index is 0.00251. The van der Waals surface area contributed by atoms with Crippen LogP contribution < -0.4 is 21.1 Å².